The first-order valence-electron chi connectivity index (χ1n) is 6.76. The van der Waals surface area contributed by atoms with Gasteiger partial charge in [-0.15, -0.1) is 0 Å². The number of carbonyl (C=O) groups excluding carboxylic acids is 2. The predicted molar refractivity (Wildman–Crippen MR) is 72.5 cm³/mol. The molecular weight excluding hydrogens is 258 g/mol. The van der Waals surface area contributed by atoms with E-state index in [9.17, 15) is 9.59 Å². The van der Waals surface area contributed by atoms with E-state index in [1.807, 2.05) is 30.3 Å². The zero-order chi connectivity index (χ0) is 14.5. The van der Waals surface area contributed by atoms with Gasteiger partial charge in [0, 0.05) is 0 Å². The summed E-state index contributed by atoms with van der Waals surface area (Å²) in [4.78, 5) is 28.9. The van der Waals surface area contributed by atoms with Gasteiger partial charge in [-0.3, -0.25) is 9.63 Å². The minimum Gasteiger partial charge on any atom is -0.465 e. The predicted octanol–water partition coefficient (Wildman–Crippen LogP) is 1.57. The first kappa shape index (κ1) is 14.7. The minimum atomic E-state index is -0.678. The number of carbonyl (C=O) groups is 2. The Labute approximate surface area is 118 Å². The van der Waals surface area contributed by atoms with E-state index in [0.717, 1.165) is 11.8 Å². The fraction of sp³-hybridized carbons (Fsp3) is 0.467. The standard InChI is InChI=1S/C15H19NO4/c1-3-19-15(18)14-13(10-17)11(2)20-16(14)9-12-7-5-4-6-8-12/h4-8,10-11,13-14H,3,9H2,1-2H3/t11-,13-,14-/m0/s1. The molecule has 0 amide bonds. The zero-order valence-corrected chi connectivity index (χ0v) is 11.7. The third kappa shape index (κ3) is 3.05. The number of ether oxygens (including phenoxy) is 1. The fourth-order valence-corrected chi connectivity index (χ4v) is 2.38. The van der Waals surface area contributed by atoms with Gasteiger partial charge < -0.3 is 9.53 Å². The second kappa shape index (κ2) is 6.63. The normalized spacial score (nSPS) is 26.4. The number of hydrogen-bond acceptors (Lipinski definition) is 5. The van der Waals surface area contributed by atoms with Crippen LogP contribution in [0.4, 0.5) is 0 Å². The van der Waals surface area contributed by atoms with Crippen molar-refractivity contribution in [3.8, 4) is 0 Å². The summed E-state index contributed by atoms with van der Waals surface area (Å²) in [5.41, 5.74) is 1.01. The summed E-state index contributed by atoms with van der Waals surface area (Å²) in [5.74, 6) is -0.914. The highest BCUT2D eigenvalue weighted by Gasteiger charge is 2.46. The molecule has 0 bridgehead atoms. The van der Waals surface area contributed by atoms with Gasteiger partial charge in [0.25, 0.3) is 0 Å². The van der Waals surface area contributed by atoms with Gasteiger partial charge in [-0.25, -0.2) is 0 Å². The van der Waals surface area contributed by atoms with E-state index in [-0.39, 0.29) is 12.7 Å². The second-order valence-corrected chi connectivity index (χ2v) is 4.78. The lowest BCUT2D eigenvalue weighted by Crippen LogP contribution is -2.41. The largest absolute Gasteiger partial charge is 0.465 e. The average molecular weight is 277 g/mol. The Morgan fingerprint density at radius 2 is 2.10 bits per heavy atom. The first-order chi connectivity index (χ1) is 9.67. The SMILES string of the molecule is CCOC(=O)[C@@H]1[C@@H](C=O)[C@H](C)ON1Cc1ccccc1. The Bertz CT molecular complexity index is 462. The van der Waals surface area contributed by atoms with Crippen molar-refractivity contribution < 1.29 is 19.2 Å². The molecule has 0 unspecified atom stereocenters. The van der Waals surface area contributed by atoms with E-state index < -0.39 is 17.9 Å². The Morgan fingerprint density at radius 1 is 1.40 bits per heavy atom. The van der Waals surface area contributed by atoms with E-state index in [1.165, 1.54) is 0 Å². The number of nitrogens with zero attached hydrogens (tertiary/aromatic N) is 1. The molecule has 1 heterocycles. The van der Waals surface area contributed by atoms with Crippen LogP contribution in [0.1, 0.15) is 19.4 Å². The summed E-state index contributed by atoms with van der Waals surface area (Å²) in [6, 6.07) is 8.99. The van der Waals surface area contributed by atoms with Crippen LogP contribution in [0.25, 0.3) is 0 Å². The monoisotopic (exact) mass is 277 g/mol. The highest BCUT2D eigenvalue weighted by atomic mass is 16.7. The number of benzene rings is 1. The third-order valence-corrected chi connectivity index (χ3v) is 3.38. The molecule has 5 nitrogen and oxygen atoms in total. The topological polar surface area (TPSA) is 55.8 Å². The molecule has 20 heavy (non-hydrogen) atoms. The Kier molecular flexibility index (Phi) is 4.87. The summed E-state index contributed by atoms with van der Waals surface area (Å²) in [6.45, 7) is 4.26. The fourth-order valence-electron chi connectivity index (χ4n) is 2.38. The van der Waals surface area contributed by atoms with E-state index >= 15 is 0 Å². The number of hydroxylamine groups is 2. The molecule has 0 radical (unpaired) electrons. The van der Waals surface area contributed by atoms with Crippen LogP contribution in [0, 0.1) is 5.92 Å². The number of aldehydes is 1. The molecule has 1 aliphatic heterocycles. The van der Waals surface area contributed by atoms with Crippen LogP contribution in [0.15, 0.2) is 30.3 Å². The third-order valence-electron chi connectivity index (χ3n) is 3.38. The molecule has 0 spiro atoms. The minimum absolute atomic E-state index is 0.286. The van der Waals surface area contributed by atoms with Crippen LogP contribution in [0.3, 0.4) is 0 Å². The van der Waals surface area contributed by atoms with Crippen molar-refractivity contribution in [2.45, 2.75) is 32.5 Å². The van der Waals surface area contributed by atoms with Crippen molar-refractivity contribution in [1.82, 2.24) is 5.06 Å². The lowest BCUT2D eigenvalue weighted by Gasteiger charge is -2.22. The molecule has 1 aliphatic rings. The van der Waals surface area contributed by atoms with Crippen molar-refractivity contribution in [3.05, 3.63) is 35.9 Å². The first-order valence-corrected chi connectivity index (χ1v) is 6.76. The van der Waals surface area contributed by atoms with Gasteiger partial charge in [0.05, 0.1) is 25.2 Å². The van der Waals surface area contributed by atoms with Crippen molar-refractivity contribution in [2.75, 3.05) is 6.61 Å². The van der Waals surface area contributed by atoms with Gasteiger partial charge in [0.1, 0.15) is 12.3 Å². The Hall–Kier alpha value is -1.72. The van der Waals surface area contributed by atoms with Crippen molar-refractivity contribution in [3.63, 3.8) is 0 Å². The van der Waals surface area contributed by atoms with E-state index in [4.69, 9.17) is 9.57 Å². The summed E-state index contributed by atoms with van der Waals surface area (Å²) in [7, 11) is 0. The summed E-state index contributed by atoms with van der Waals surface area (Å²) in [6.07, 6.45) is 0.447. The second-order valence-electron chi connectivity index (χ2n) is 4.78. The Balaban J connectivity index is 2.17. The molecule has 0 N–H and O–H groups in total. The molecule has 0 aromatic heterocycles. The maximum absolute atomic E-state index is 12.1. The van der Waals surface area contributed by atoms with Gasteiger partial charge >= 0.3 is 5.97 Å². The molecule has 1 fully saturated rings. The number of rotatable bonds is 5. The van der Waals surface area contributed by atoms with Crippen LogP contribution in [0.2, 0.25) is 0 Å². The van der Waals surface area contributed by atoms with Crippen LogP contribution in [-0.2, 0) is 25.7 Å². The molecule has 1 saturated heterocycles. The van der Waals surface area contributed by atoms with Gasteiger partial charge in [-0.2, -0.15) is 5.06 Å². The van der Waals surface area contributed by atoms with E-state index in [2.05, 4.69) is 0 Å². The highest BCUT2D eigenvalue weighted by molar-refractivity contribution is 5.80. The Morgan fingerprint density at radius 3 is 2.70 bits per heavy atom. The van der Waals surface area contributed by atoms with Crippen molar-refractivity contribution in [2.24, 2.45) is 5.92 Å². The van der Waals surface area contributed by atoms with Crippen molar-refractivity contribution in [1.29, 1.82) is 0 Å². The molecular formula is C15H19NO4. The summed E-state index contributed by atoms with van der Waals surface area (Å²) in [5, 5.41) is 1.55. The maximum Gasteiger partial charge on any atom is 0.326 e. The van der Waals surface area contributed by atoms with Crippen LogP contribution < -0.4 is 0 Å². The molecule has 0 aliphatic carbocycles. The van der Waals surface area contributed by atoms with Crippen LogP contribution in [0.5, 0.6) is 0 Å². The lowest BCUT2D eigenvalue weighted by molar-refractivity contribution is -0.183. The molecule has 5 heteroatoms. The quantitative estimate of drug-likeness (QED) is 0.604. The molecule has 0 saturated carbocycles. The molecule has 1 aromatic rings. The van der Waals surface area contributed by atoms with Crippen molar-refractivity contribution >= 4 is 12.3 Å². The van der Waals surface area contributed by atoms with E-state index in [1.54, 1.807) is 18.9 Å². The average Bonchev–Trinajstić information content (AvgIpc) is 2.75. The van der Waals surface area contributed by atoms with Gasteiger partial charge in [-0.1, -0.05) is 30.3 Å². The smallest absolute Gasteiger partial charge is 0.326 e. The zero-order valence-electron chi connectivity index (χ0n) is 11.7. The van der Waals surface area contributed by atoms with E-state index in [0.29, 0.717) is 6.54 Å². The molecule has 108 valence electrons. The number of hydrogen-bond donors (Lipinski definition) is 0. The van der Waals surface area contributed by atoms with Crippen LogP contribution >= 0.6 is 0 Å². The lowest BCUT2D eigenvalue weighted by atomic mass is 9.97. The molecule has 2 rings (SSSR count). The maximum atomic E-state index is 12.1. The highest BCUT2D eigenvalue weighted by Crippen LogP contribution is 2.28. The summed E-state index contributed by atoms with van der Waals surface area (Å²) < 4.78 is 5.05. The van der Waals surface area contributed by atoms with Gasteiger partial charge in [0.2, 0.25) is 0 Å². The molecule has 1 aromatic carbocycles. The molecule has 3 atom stereocenters. The summed E-state index contributed by atoms with van der Waals surface area (Å²) >= 11 is 0. The van der Waals surface area contributed by atoms with Crippen LogP contribution in [-0.4, -0.2) is 36.1 Å². The number of esters is 1. The van der Waals surface area contributed by atoms with Gasteiger partial charge in [-0.05, 0) is 19.4 Å². The van der Waals surface area contributed by atoms with Gasteiger partial charge in [0.15, 0.2) is 0 Å².